The van der Waals surface area contributed by atoms with Gasteiger partial charge >= 0.3 is 0 Å². The fourth-order valence-electron chi connectivity index (χ4n) is 3.16. The summed E-state index contributed by atoms with van der Waals surface area (Å²) in [6.45, 7) is 0. The molecule has 1 N–H and O–H groups in total. The average Bonchev–Trinajstić information content (AvgIpc) is 3.20. The van der Waals surface area contributed by atoms with E-state index < -0.39 is 0 Å². The Bertz CT molecular complexity index is 916. The van der Waals surface area contributed by atoms with E-state index in [1.807, 2.05) is 0 Å². The van der Waals surface area contributed by atoms with Crippen molar-refractivity contribution in [3.8, 4) is 5.82 Å². The van der Waals surface area contributed by atoms with Gasteiger partial charge in [-0.15, -0.1) is 5.10 Å². The van der Waals surface area contributed by atoms with Crippen molar-refractivity contribution in [2.75, 3.05) is 5.32 Å². The fourth-order valence-corrected chi connectivity index (χ4v) is 3.36. The maximum Gasteiger partial charge on any atom is 0.267 e. The third kappa shape index (κ3) is 3.64. The van der Waals surface area contributed by atoms with Crippen LogP contribution in [0.15, 0.2) is 46.4 Å². The van der Waals surface area contributed by atoms with Crippen molar-refractivity contribution in [3.05, 3.63) is 52.0 Å². The third-order valence-electron chi connectivity index (χ3n) is 4.46. The van der Waals surface area contributed by atoms with Crippen LogP contribution in [-0.4, -0.2) is 40.6 Å². The molecule has 0 atom stereocenters. The average molecular weight is 417 g/mol. The summed E-state index contributed by atoms with van der Waals surface area (Å²) in [5, 5.41) is 11.9. The molecule has 0 aromatic carbocycles. The van der Waals surface area contributed by atoms with Crippen LogP contribution in [-0.2, 0) is 0 Å². The molecule has 1 aliphatic carbocycles. The van der Waals surface area contributed by atoms with Crippen LogP contribution in [0.1, 0.15) is 31.7 Å². The summed E-state index contributed by atoms with van der Waals surface area (Å²) in [6.07, 6.45) is 10.0. The van der Waals surface area contributed by atoms with Gasteiger partial charge in [0.1, 0.15) is 12.7 Å². The zero-order valence-corrected chi connectivity index (χ0v) is 15.4. The molecule has 0 spiro atoms. The molecule has 1 fully saturated rings. The molecule has 0 saturated heterocycles. The number of nitrogens with zero attached hydrogens (tertiary/aromatic N) is 7. The van der Waals surface area contributed by atoms with E-state index in [9.17, 15) is 4.79 Å². The molecule has 10 heteroatoms. The van der Waals surface area contributed by atoms with Gasteiger partial charge in [-0.1, -0.05) is 0 Å². The molecular formula is C16H17BrN8O. The van der Waals surface area contributed by atoms with E-state index in [0.29, 0.717) is 17.8 Å². The second-order valence-corrected chi connectivity index (χ2v) is 7.10. The van der Waals surface area contributed by atoms with Crippen molar-refractivity contribution >= 4 is 21.9 Å². The molecule has 3 heterocycles. The van der Waals surface area contributed by atoms with Crippen LogP contribution in [0.4, 0.5) is 5.95 Å². The van der Waals surface area contributed by atoms with E-state index >= 15 is 0 Å². The first-order chi connectivity index (χ1) is 12.7. The summed E-state index contributed by atoms with van der Waals surface area (Å²) in [7, 11) is 0. The molecule has 3 aromatic rings. The quantitative estimate of drug-likeness (QED) is 0.692. The van der Waals surface area contributed by atoms with Gasteiger partial charge in [0.05, 0.1) is 10.5 Å². The smallest absolute Gasteiger partial charge is 0.267 e. The SMILES string of the molecule is O=c1ccc(-n2cncn2)nn1C1CCC(Nc2ncc(Br)cn2)CC1. The predicted molar refractivity (Wildman–Crippen MR) is 98.1 cm³/mol. The van der Waals surface area contributed by atoms with Gasteiger partial charge in [0.25, 0.3) is 5.56 Å². The summed E-state index contributed by atoms with van der Waals surface area (Å²) in [4.78, 5) is 24.7. The molecule has 134 valence electrons. The molecule has 9 nitrogen and oxygen atoms in total. The molecule has 26 heavy (non-hydrogen) atoms. The Kier molecular flexibility index (Phi) is 4.74. The van der Waals surface area contributed by atoms with Crippen LogP contribution >= 0.6 is 15.9 Å². The zero-order valence-electron chi connectivity index (χ0n) is 13.9. The van der Waals surface area contributed by atoms with Crippen LogP contribution in [0.25, 0.3) is 5.82 Å². The van der Waals surface area contributed by atoms with E-state index in [-0.39, 0.29) is 11.6 Å². The Morgan fingerprint density at radius 2 is 1.88 bits per heavy atom. The van der Waals surface area contributed by atoms with E-state index in [1.54, 1.807) is 34.2 Å². The second-order valence-electron chi connectivity index (χ2n) is 6.19. The van der Waals surface area contributed by atoms with E-state index in [2.05, 4.69) is 46.4 Å². The summed E-state index contributed by atoms with van der Waals surface area (Å²) >= 11 is 3.33. The molecule has 1 aliphatic rings. The Morgan fingerprint density at radius 3 is 2.58 bits per heavy atom. The third-order valence-corrected chi connectivity index (χ3v) is 4.87. The second kappa shape index (κ2) is 7.32. The molecule has 0 aliphatic heterocycles. The van der Waals surface area contributed by atoms with E-state index in [1.165, 1.54) is 12.4 Å². The largest absolute Gasteiger partial charge is 0.351 e. The van der Waals surface area contributed by atoms with Crippen LogP contribution in [0.3, 0.4) is 0 Å². The number of hydrogen-bond acceptors (Lipinski definition) is 7. The number of anilines is 1. The molecule has 0 amide bonds. The maximum absolute atomic E-state index is 12.3. The van der Waals surface area contributed by atoms with Crippen molar-refractivity contribution in [1.29, 1.82) is 0 Å². The Balaban J connectivity index is 1.44. The summed E-state index contributed by atoms with van der Waals surface area (Å²) in [5.41, 5.74) is -0.0958. The summed E-state index contributed by atoms with van der Waals surface area (Å²) < 4.78 is 3.97. The highest BCUT2D eigenvalue weighted by Gasteiger charge is 2.24. The summed E-state index contributed by atoms with van der Waals surface area (Å²) in [6, 6.07) is 3.56. The maximum atomic E-state index is 12.3. The highest BCUT2D eigenvalue weighted by molar-refractivity contribution is 9.10. The zero-order chi connectivity index (χ0) is 17.9. The first-order valence-electron chi connectivity index (χ1n) is 8.38. The molecule has 3 aromatic heterocycles. The fraction of sp³-hybridized carbons (Fsp3) is 0.375. The normalized spacial score (nSPS) is 20.0. The molecule has 0 bridgehead atoms. The minimum absolute atomic E-state index is 0.0786. The van der Waals surface area contributed by atoms with Crippen LogP contribution in [0, 0.1) is 0 Å². The standard InChI is InChI=1S/C16H17BrN8O/c17-11-7-19-16(20-8-11)22-12-1-3-13(4-2-12)25-15(26)6-5-14(23-25)24-10-18-9-21-24/h5-10,12-13H,1-4H2,(H,19,20,22). The Hall–Kier alpha value is -2.62. The van der Waals surface area contributed by atoms with Crippen molar-refractivity contribution in [2.45, 2.75) is 37.8 Å². The van der Waals surface area contributed by atoms with Gasteiger partial charge in [0, 0.05) is 24.5 Å². The van der Waals surface area contributed by atoms with Crippen LogP contribution in [0.2, 0.25) is 0 Å². The van der Waals surface area contributed by atoms with Gasteiger partial charge in [0.15, 0.2) is 5.82 Å². The lowest BCUT2D eigenvalue weighted by molar-refractivity contribution is 0.302. The highest BCUT2D eigenvalue weighted by Crippen LogP contribution is 2.28. The van der Waals surface area contributed by atoms with Crippen LogP contribution < -0.4 is 10.9 Å². The van der Waals surface area contributed by atoms with Gasteiger partial charge in [-0.3, -0.25) is 4.79 Å². The molecular weight excluding hydrogens is 400 g/mol. The Morgan fingerprint density at radius 1 is 1.12 bits per heavy atom. The topological polar surface area (TPSA) is 103 Å². The minimum atomic E-state index is -0.0958. The highest BCUT2D eigenvalue weighted by atomic mass is 79.9. The van der Waals surface area contributed by atoms with Crippen molar-refractivity contribution in [1.82, 2.24) is 34.5 Å². The van der Waals surface area contributed by atoms with E-state index in [0.717, 1.165) is 30.2 Å². The van der Waals surface area contributed by atoms with Gasteiger partial charge in [0.2, 0.25) is 5.95 Å². The van der Waals surface area contributed by atoms with Gasteiger partial charge in [-0.2, -0.15) is 5.10 Å². The molecule has 1 saturated carbocycles. The van der Waals surface area contributed by atoms with Gasteiger partial charge < -0.3 is 5.32 Å². The molecule has 0 radical (unpaired) electrons. The number of rotatable bonds is 4. The predicted octanol–water partition coefficient (Wildman–Crippen LogP) is 1.97. The van der Waals surface area contributed by atoms with Gasteiger partial charge in [-0.25, -0.2) is 24.3 Å². The first-order valence-corrected chi connectivity index (χ1v) is 9.17. The van der Waals surface area contributed by atoms with Crippen molar-refractivity contribution < 1.29 is 0 Å². The minimum Gasteiger partial charge on any atom is -0.351 e. The lowest BCUT2D eigenvalue weighted by Gasteiger charge is -2.29. The molecule has 4 rings (SSSR count). The first kappa shape index (κ1) is 16.8. The monoisotopic (exact) mass is 416 g/mol. The van der Waals surface area contributed by atoms with Crippen molar-refractivity contribution in [2.24, 2.45) is 0 Å². The van der Waals surface area contributed by atoms with E-state index in [4.69, 9.17) is 0 Å². The van der Waals surface area contributed by atoms with Gasteiger partial charge in [-0.05, 0) is 47.7 Å². The summed E-state index contributed by atoms with van der Waals surface area (Å²) in [5.74, 6) is 1.21. The number of nitrogens with one attached hydrogen (secondary N) is 1. The molecule has 0 unspecified atom stereocenters. The Labute approximate surface area is 157 Å². The lowest BCUT2D eigenvalue weighted by atomic mass is 9.91. The van der Waals surface area contributed by atoms with Crippen molar-refractivity contribution in [3.63, 3.8) is 0 Å². The lowest BCUT2D eigenvalue weighted by Crippen LogP contribution is -2.33. The van der Waals surface area contributed by atoms with Crippen LogP contribution in [0.5, 0.6) is 0 Å². The number of aromatic nitrogens is 7. The number of hydrogen-bond donors (Lipinski definition) is 1. The number of halogens is 1.